The molecule has 0 aliphatic rings. The Balaban J connectivity index is 2.31. The van der Waals surface area contributed by atoms with Crippen molar-refractivity contribution in [2.24, 2.45) is 0 Å². The fourth-order valence-corrected chi connectivity index (χ4v) is 1.26. The van der Waals surface area contributed by atoms with Crippen LogP contribution in [0.15, 0.2) is 22.8 Å². The average molecular weight is 237 g/mol. The molecule has 2 N–H and O–H groups in total. The monoisotopic (exact) mass is 237 g/mol. The van der Waals surface area contributed by atoms with Gasteiger partial charge in [-0.25, -0.2) is 0 Å². The zero-order chi connectivity index (χ0) is 12.5. The fourth-order valence-electron chi connectivity index (χ4n) is 1.26. The van der Waals surface area contributed by atoms with E-state index in [4.69, 9.17) is 20.7 Å². The van der Waals surface area contributed by atoms with Gasteiger partial charge in [0.15, 0.2) is 0 Å². The van der Waals surface area contributed by atoms with E-state index in [2.05, 4.69) is 11.2 Å². The van der Waals surface area contributed by atoms with Crippen LogP contribution in [0.3, 0.4) is 0 Å². The van der Waals surface area contributed by atoms with E-state index in [0.29, 0.717) is 5.76 Å². The number of carbonyl (C=O) groups excluding carboxylic acids is 1. The minimum absolute atomic E-state index is 0.189. The van der Waals surface area contributed by atoms with Crippen molar-refractivity contribution in [3.63, 3.8) is 0 Å². The Hall–Kier alpha value is -1.77. The average Bonchev–Trinajstić information content (AvgIpc) is 2.85. The summed E-state index contributed by atoms with van der Waals surface area (Å²) in [6.45, 7) is 0.228. The zero-order valence-corrected chi connectivity index (χ0v) is 9.39. The van der Waals surface area contributed by atoms with E-state index in [0.717, 1.165) is 0 Å². The van der Waals surface area contributed by atoms with Crippen molar-refractivity contribution in [1.82, 2.24) is 5.32 Å². The van der Waals surface area contributed by atoms with Crippen molar-refractivity contribution in [1.29, 1.82) is 0 Å². The van der Waals surface area contributed by atoms with Gasteiger partial charge in [-0.05, 0) is 12.1 Å². The maximum absolute atomic E-state index is 11.5. The zero-order valence-electron chi connectivity index (χ0n) is 9.39. The number of rotatable bonds is 7. The summed E-state index contributed by atoms with van der Waals surface area (Å²) in [5, 5.41) is 11.8. The van der Waals surface area contributed by atoms with Crippen molar-refractivity contribution in [3.8, 4) is 12.3 Å². The highest BCUT2D eigenvalue weighted by Gasteiger charge is 2.15. The van der Waals surface area contributed by atoms with Gasteiger partial charge in [-0.3, -0.25) is 4.79 Å². The third kappa shape index (κ3) is 4.72. The molecule has 1 amide bonds. The van der Waals surface area contributed by atoms with E-state index in [1.54, 1.807) is 12.1 Å². The van der Waals surface area contributed by atoms with Crippen LogP contribution in [-0.2, 0) is 9.53 Å². The topological polar surface area (TPSA) is 71.7 Å². The van der Waals surface area contributed by atoms with Crippen LogP contribution < -0.4 is 5.32 Å². The van der Waals surface area contributed by atoms with Gasteiger partial charge in [0.2, 0.25) is 5.91 Å². The van der Waals surface area contributed by atoms with E-state index in [1.807, 2.05) is 0 Å². The van der Waals surface area contributed by atoms with Crippen molar-refractivity contribution >= 4 is 5.91 Å². The van der Waals surface area contributed by atoms with Crippen LogP contribution in [0.2, 0.25) is 0 Å². The number of furan rings is 1. The maximum Gasteiger partial charge on any atom is 0.222 e. The Morgan fingerprint density at radius 1 is 1.71 bits per heavy atom. The first-order chi connectivity index (χ1) is 8.27. The Bertz CT molecular complexity index is 366. The Kier molecular flexibility index (Phi) is 5.86. The highest BCUT2D eigenvalue weighted by Crippen LogP contribution is 2.12. The minimum Gasteiger partial charge on any atom is -0.467 e. The Morgan fingerprint density at radius 3 is 3.12 bits per heavy atom. The number of hydrogen-bond acceptors (Lipinski definition) is 4. The van der Waals surface area contributed by atoms with Crippen LogP contribution in [0, 0.1) is 12.3 Å². The summed E-state index contributed by atoms with van der Waals surface area (Å²) in [6, 6.07) is 2.86. The molecule has 0 aromatic carbocycles. The molecule has 92 valence electrons. The van der Waals surface area contributed by atoms with Crippen LogP contribution in [-0.4, -0.2) is 30.8 Å². The summed E-state index contributed by atoms with van der Waals surface area (Å²) in [7, 11) is 0. The molecule has 1 aromatic rings. The molecule has 1 unspecified atom stereocenters. The number of nitrogens with one attached hydrogen (secondary N) is 1. The minimum atomic E-state index is -0.523. The van der Waals surface area contributed by atoms with Gasteiger partial charge in [0.05, 0.1) is 25.9 Å². The SMILES string of the molecule is C#CCOCCC(=O)NC(CO)c1ccco1. The lowest BCUT2D eigenvalue weighted by molar-refractivity contribution is -0.123. The highest BCUT2D eigenvalue weighted by molar-refractivity contribution is 5.76. The van der Waals surface area contributed by atoms with E-state index in [-0.39, 0.29) is 32.1 Å². The predicted molar refractivity (Wildman–Crippen MR) is 60.9 cm³/mol. The molecule has 0 aliphatic carbocycles. The summed E-state index contributed by atoms with van der Waals surface area (Å²) >= 11 is 0. The van der Waals surface area contributed by atoms with Gasteiger partial charge in [0.1, 0.15) is 18.4 Å². The standard InChI is InChI=1S/C12H15NO4/c1-2-6-16-8-5-12(15)13-10(9-14)11-4-3-7-17-11/h1,3-4,7,10,14H,5-6,8-9H2,(H,13,15). The molecule has 0 spiro atoms. The normalized spacial score (nSPS) is 11.8. The number of terminal acetylenes is 1. The molecule has 17 heavy (non-hydrogen) atoms. The van der Waals surface area contributed by atoms with Crippen LogP contribution in [0.5, 0.6) is 0 Å². The van der Waals surface area contributed by atoms with Crippen LogP contribution in [0.4, 0.5) is 0 Å². The highest BCUT2D eigenvalue weighted by atomic mass is 16.5. The lowest BCUT2D eigenvalue weighted by atomic mass is 10.2. The fraction of sp³-hybridized carbons (Fsp3) is 0.417. The first-order valence-electron chi connectivity index (χ1n) is 5.22. The summed E-state index contributed by atoms with van der Waals surface area (Å²) in [5.41, 5.74) is 0. The molecule has 0 saturated carbocycles. The van der Waals surface area contributed by atoms with Gasteiger partial charge in [-0.2, -0.15) is 0 Å². The smallest absolute Gasteiger partial charge is 0.222 e. The van der Waals surface area contributed by atoms with Crippen LogP contribution >= 0.6 is 0 Å². The van der Waals surface area contributed by atoms with E-state index >= 15 is 0 Å². The van der Waals surface area contributed by atoms with Gasteiger partial charge in [-0.15, -0.1) is 6.42 Å². The first-order valence-corrected chi connectivity index (χ1v) is 5.22. The lowest BCUT2D eigenvalue weighted by Crippen LogP contribution is -2.31. The summed E-state index contributed by atoms with van der Waals surface area (Å²) in [6.07, 6.45) is 6.67. The number of aliphatic hydroxyl groups is 1. The number of carbonyl (C=O) groups is 1. The van der Waals surface area contributed by atoms with Crippen molar-refractivity contribution < 1.29 is 19.1 Å². The summed E-state index contributed by atoms with van der Waals surface area (Å²) < 4.78 is 10.1. The van der Waals surface area contributed by atoms with E-state index < -0.39 is 6.04 Å². The summed E-state index contributed by atoms with van der Waals surface area (Å²) in [4.78, 5) is 11.5. The molecule has 0 fully saturated rings. The maximum atomic E-state index is 11.5. The second-order valence-corrected chi connectivity index (χ2v) is 3.32. The second kappa shape index (κ2) is 7.49. The Morgan fingerprint density at radius 2 is 2.53 bits per heavy atom. The van der Waals surface area contributed by atoms with Gasteiger partial charge < -0.3 is 19.6 Å². The molecule has 1 atom stereocenters. The third-order valence-corrected chi connectivity index (χ3v) is 2.06. The van der Waals surface area contributed by atoms with Crippen LogP contribution in [0.25, 0.3) is 0 Å². The number of hydrogen-bond donors (Lipinski definition) is 2. The molecule has 1 rings (SSSR count). The van der Waals surface area contributed by atoms with E-state index in [9.17, 15) is 4.79 Å². The van der Waals surface area contributed by atoms with Crippen LogP contribution in [0.1, 0.15) is 18.2 Å². The molecule has 0 radical (unpaired) electrons. The molecule has 1 aromatic heterocycles. The molecule has 0 aliphatic heterocycles. The van der Waals surface area contributed by atoms with Crippen molar-refractivity contribution in [2.45, 2.75) is 12.5 Å². The predicted octanol–water partition coefficient (Wildman–Crippen LogP) is 0.469. The molecular formula is C12H15NO4. The molecular weight excluding hydrogens is 222 g/mol. The third-order valence-electron chi connectivity index (χ3n) is 2.06. The van der Waals surface area contributed by atoms with Gasteiger partial charge in [-0.1, -0.05) is 5.92 Å². The van der Waals surface area contributed by atoms with Gasteiger partial charge in [0, 0.05) is 0 Å². The van der Waals surface area contributed by atoms with Gasteiger partial charge >= 0.3 is 0 Å². The molecule has 5 heteroatoms. The quantitative estimate of drug-likeness (QED) is 0.534. The Labute approximate surface area is 99.8 Å². The molecule has 5 nitrogen and oxygen atoms in total. The van der Waals surface area contributed by atoms with Crippen molar-refractivity contribution in [3.05, 3.63) is 24.2 Å². The number of ether oxygens (including phenoxy) is 1. The number of aliphatic hydroxyl groups excluding tert-OH is 1. The molecule has 0 bridgehead atoms. The molecule has 0 saturated heterocycles. The largest absolute Gasteiger partial charge is 0.467 e. The second-order valence-electron chi connectivity index (χ2n) is 3.32. The number of amides is 1. The first kappa shape index (κ1) is 13.3. The molecule has 1 heterocycles. The summed E-state index contributed by atoms with van der Waals surface area (Å²) in [5.74, 6) is 2.60. The van der Waals surface area contributed by atoms with Crippen molar-refractivity contribution in [2.75, 3.05) is 19.8 Å². The lowest BCUT2D eigenvalue weighted by Gasteiger charge is -2.13. The van der Waals surface area contributed by atoms with Gasteiger partial charge in [0.25, 0.3) is 0 Å². The van der Waals surface area contributed by atoms with E-state index in [1.165, 1.54) is 6.26 Å².